The SMILES string of the molecule is N#Cc1c(SCc2ccccc2)nn(-c2ccccc2)c1NC(=O)Nc1ccc(Cl)c(Cl)c1. The number of nitrogens with one attached hydrogen (secondary N) is 2. The third-order valence-corrected chi connectivity index (χ3v) is 6.37. The predicted molar refractivity (Wildman–Crippen MR) is 133 cm³/mol. The highest BCUT2D eigenvalue weighted by Gasteiger charge is 2.21. The minimum absolute atomic E-state index is 0.275. The van der Waals surface area contributed by atoms with Crippen LogP contribution in [0.2, 0.25) is 10.0 Å². The van der Waals surface area contributed by atoms with E-state index in [0.29, 0.717) is 32.2 Å². The van der Waals surface area contributed by atoms with Gasteiger partial charge in [-0.25, -0.2) is 9.48 Å². The van der Waals surface area contributed by atoms with Gasteiger partial charge in [0.1, 0.15) is 16.7 Å². The maximum absolute atomic E-state index is 12.8. The van der Waals surface area contributed by atoms with Crippen LogP contribution in [0.25, 0.3) is 5.69 Å². The molecule has 0 radical (unpaired) electrons. The van der Waals surface area contributed by atoms with Crippen LogP contribution in [0.1, 0.15) is 11.1 Å². The first-order chi connectivity index (χ1) is 16.0. The summed E-state index contributed by atoms with van der Waals surface area (Å²) in [5, 5.41) is 21.2. The molecule has 0 bridgehead atoms. The fourth-order valence-electron chi connectivity index (χ4n) is 3.04. The number of hydrogen-bond donors (Lipinski definition) is 2. The lowest BCUT2D eigenvalue weighted by atomic mass is 10.2. The number of nitrogens with zero attached hydrogens (tertiary/aromatic N) is 3. The molecule has 1 aromatic heterocycles. The van der Waals surface area contributed by atoms with Crippen LogP contribution >= 0.6 is 35.0 Å². The van der Waals surface area contributed by atoms with Crippen molar-refractivity contribution in [2.24, 2.45) is 0 Å². The van der Waals surface area contributed by atoms with Crippen molar-refractivity contribution in [3.8, 4) is 11.8 Å². The fraction of sp³-hybridized carbons (Fsp3) is 0.0417. The van der Waals surface area contributed by atoms with Gasteiger partial charge in [0.2, 0.25) is 0 Å². The molecule has 1 heterocycles. The minimum atomic E-state index is -0.540. The molecule has 4 rings (SSSR count). The van der Waals surface area contributed by atoms with Crippen molar-refractivity contribution in [3.05, 3.63) is 100 Å². The van der Waals surface area contributed by atoms with Gasteiger partial charge in [-0.15, -0.1) is 0 Å². The molecule has 0 saturated carbocycles. The predicted octanol–water partition coefficient (Wildman–Crippen LogP) is 6.99. The highest BCUT2D eigenvalue weighted by molar-refractivity contribution is 7.98. The van der Waals surface area contributed by atoms with E-state index < -0.39 is 6.03 Å². The maximum atomic E-state index is 12.8. The number of rotatable bonds is 6. The van der Waals surface area contributed by atoms with Crippen LogP contribution in [0.3, 0.4) is 0 Å². The zero-order valence-corrected chi connectivity index (χ0v) is 19.5. The molecule has 0 aliphatic rings. The Morgan fingerprint density at radius 1 is 0.970 bits per heavy atom. The first-order valence-corrected chi connectivity index (χ1v) is 11.6. The monoisotopic (exact) mass is 493 g/mol. The van der Waals surface area contributed by atoms with E-state index in [4.69, 9.17) is 23.2 Å². The van der Waals surface area contributed by atoms with Crippen LogP contribution in [0, 0.1) is 11.3 Å². The number of amides is 2. The molecule has 0 fully saturated rings. The Balaban J connectivity index is 1.64. The number of urea groups is 1. The number of nitriles is 1. The first-order valence-electron chi connectivity index (χ1n) is 9.83. The average molecular weight is 494 g/mol. The van der Waals surface area contributed by atoms with Crippen LogP contribution < -0.4 is 10.6 Å². The van der Waals surface area contributed by atoms with Crippen molar-refractivity contribution in [1.29, 1.82) is 5.26 Å². The van der Waals surface area contributed by atoms with Crippen LogP contribution in [-0.2, 0) is 5.75 Å². The summed E-state index contributed by atoms with van der Waals surface area (Å²) < 4.78 is 1.56. The summed E-state index contributed by atoms with van der Waals surface area (Å²) in [4.78, 5) is 12.8. The Morgan fingerprint density at radius 2 is 1.67 bits per heavy atom. The molecule has 0 aliphatic heterocycles. The van der Waals surface area contributed by atoms with E-state index in [1.165, 1.54) is 11.8 Å². The highest BCUT2D eigenvalue weighted by Crippen LogP contribution is 2.32. The lowest BCUT2D eigenvalue weighted by Crippen LogP contribution is -2.22. The number of aromatic nitrogens is 2. The van der Waals surface area contributed by atoms with Gasteiger partial charge in [0, 0.05) is 11.4 Å². The Hall–Kier alpha value is -3.44. The third kappa shape index (κ3) is 5.49. The molecule has 3 aromatic carbocycles. The van der Waals surface area contributed by atoms with Gasteiger partial charge in [0.15, 0.2) is 5.82 Å². The largest absolute Gasteiger partial charge is 0.324 e. The second-order valence-corrected chi connectivity index (χ2v) is 8.65. The third-order valence-electron chi connectivity index (χ3n) is 4.59. The second kappa shape index (κ2) is 10.5. The molecule has 2 N–H and O–H groups in total. The van der Waals surface area contributed by atoms with Crippen molar-refractivity contribution in [2.45, 2.75) is 10.8 Å². The van der Waals surface area contributed by atoms with Crippen LogP contribution in [0.4, 0.5) is 16.3 Å². The topological polar surface area (TPSA) is 82.7 Å². The van der Waals surface area contributed by atoms with E-state index in [-0.39, 0.29) is 11.4 Å². The van der Waals surface area contributed by atoms with Gasteiger partial charge in [0.05, 0.1) is 15.7 Å². The van der Waals surface area contributed by atoms with Crippen LogP contribution in [-0.4, -0.2) is 15.8 Å². The normalized spacial score (nSPS) is 10.5. The number of halogens is 2. The molecule has 0 unspecified atom stereocenters. The Bertz CT molecular complexity index is 1320. The van der Waals surface area contributed by atoms with Gasteiger partial charge >= 0.3 is 6.03 Å². The Kier molecular flexibility index (Phi) is 7.20. The standard InChI is InChI=1S/C24H17Cl2N5OS/c25-20-12-11-17(13-21(20)26)28-24(32)29-22-19(14-27)23(33-15-16-7-3-1-4-8-16)30-31(22)18-9-5-2-6-10-18/h1-13H,15H2,(H2,28,29,32). The van der Waals surface area contributed by atoms with Crippen molar-refractivity contribution in [3.63, 3.8) is 0 Å². The summed E-state index contributed by atoms with van der Waals surface area (Å²) in [5.74, 6) is 0.910. The van der Waals surface area contributed by atoms with Gasteiger partial charge in [0.25, 0.3) is 0 Å². The maximum Gasteiger partial charge on any atom is 0.324 e. The molecular formula is C24H17Cl2N5OS. The van der Waals surface area contributed by atoms with Gasteiger partial charge in [-0.05, 0) is 35.9 Å². The van der Waals surface area contributed by atoms with E-state index >= 15 is 0 Å². The number of carbonyl (C=O) groups excluding carboxylic acids is 1. The molecule has 0 spiro atoms. The Morgan fingerprint density at radius 3 is 2.33 bits per heavy atom. The van der Waals surface area contributed by atoms with Gasteiger partial charge < -0.3 is 5.32 Å². The van der Waals surface area contributed by atoms with Crippen molar-refractivity contribution >= 4 is 52.5 Å². The number of hydrogen-bond acceptors (Lipinski definition) is 4. The number of benzene rings is 3. The molecule has 33 heavy (non-hydrogen) atoms. The summed E-state index contributed by atoms with van der Waals surface area (Å²) in [6.45, 7) is 0. The van der Waals surface area contributed by atoms with E-state index in [1.807, 2.05) is 60.7 Å². The number of carbonyl (C=O) groups is 1. The van der Waals surface area contributed by atoms with E-state index in [9.17, 15) is 10.1 Å². The smallest absolute Gasteiger partial charge is 0.308 e. The molecule has 9 heteroatoms. The first kappa shape index (κ1) is 22.7. The lowest BCUT2D eigenvalue weighted by Gasteiger charge is -2.11. The fourth-order valence-corrected chi connectivity index (χ4v) is 4.26. The summed E-state index contributed by atoms with van der Waals surface area (Å²) in [5.41, 5.74) is 2.56. The molecule has 0 saturated heterocycles. The van der Waals surface area contributed by atoms with Gasteiger partial charge in [-0.3, -0.25) is 5.32 Å². The quantitative estimate of drug-likeness (QED) is 0.283. The number of para-hydroxylation sites is 1. The lowest BCUT2D eigenvalue weighted by molar-refractivity contribution is 0.262. The second-order valence-electron chi connectivity index (χ2n) is 6.87. The molecule has 4 aromatic rings. The highest BCUT2D eigenvalue weighted by atomic mass is 35.5. The van der Waals surface area contributed by atoms with Crippen molar-refractivity contribution < 1.29 is 4.79 Å². The van der Waals surface area contributed by atoms with Gasteiger partial charge in [-0.2, -0.15) is 10.4 Å². The summed E-state index contributed by atoms with van der Waals surface area (Å²) in [6, 6.07) is 25.6. The van der Waals surface area contributed by atoms with Crippen LogP contribution in [0.5, 0.6) is 0 Å². The van der Waals surface area contributed by atoms with Crippen molar-refractivity contribution in [2.75, 3.05) is 10.6 Å². The molecule has 2 amide bonds. The van der Waals surface area contributed by atoms with E-state index in [1.54, 1.807) is 22.9 Å². The molecule has 0 atom stereocenters. The van der Waals surface area contributed by atoms with Crippen molar-refractivity contribution in [1.82, 2.24) is 9.78 Å². The zero-order valence-electron chi connectivity index (χ0n) is 17.1. The average Bonchev–Trinajstić information content (AvgIpc) is 3.18. The zero-order chi connectivity index (χ0) is 23.2. The number of thioether (sulfide) groups is 1. The van der Waals surface area contributed by atoms with Gasteiger partial charge in [-0.1, -0.05) is 83.5 Å². The van der Waals surface area contributed by atoms with E-state index in [0.717, 1.165) is 5.56 Å². The summed E-state index contributed by atoms with van der Waals surface area (Å²) in [6.07, 6.45) is 0. The molecule has 164 valence electrons. The summed E-state index contributed by atoms with van der Waals surface area (Å²) in [7, 11) is 0. The Labute approximate surface area is 205 Å². The molecule has 0 aliphatic carbocycles. The minimum Gasteiger partial charge on any atom is -0.308 e. The van der Waals surface area contributed by atoms with E-state index in [2.05, 4.69) is 21.8 Å². The molecular weight excluding hydrogens is 477 g/mol. The number of anilines is 2. The van der Waals surface area contributed by atoms with Crippen LogP contribution in [0.15, 0.2) is 83.9 Å². The molecule has 6 nitrogen and oxygen atoms in total. The summed E-state index contributed by atoms with van der Waals surface area (Å²) >= 11 is 13.4.